The van der Waals surface area contributed by atoms with Crippen LogP contribution in [0, 0.1) is 17.8 Å². The van der Waals surface area contributed by atoms with Gasteiger partial charge in [-0.2, -0.15) is 13.2 Å². The summed E-state index contributed by atoms with van der Waals surface area (Å²) in [5, 5.41) is 4.12. The van der Waals surface area contributed by atoms with E-state index in [1.807, 2.05) is 0 Å². The lowest BCUT2D eigenvalue weighted by molar-refractivity contribution is -0.172. The Labute approximate surface area is 229 Å². The fourth-order valence-electron chi connectivity index (χ4n) is 7.77. The van der Waals surface area contributed by atoms with Crippen LogP contribution >= 0.6 is 0 Å². The number of hydrogen-bond acceptors (Lipinski definition) is 6. The number of nitrogens with zero attached hydrogens (tertiary/aromatic N) is 3. The van der Waals surface area contributed by atoms with Gasteiger partial charge in [0, 0.05) is 51.7 Å². The minimum atomic E-state index is -4.51. The molecule has 0 aromatic rings. The van der Waals surface area contributed by atoms with Crippen LogP contribution in [0.5, 0.6) is 0 Å². The molecule has 0 aromatic carbocycles. The largest absolute Gasteiger partial charge is 0.406 e. The Morgan fingerprint density at radius 3 is 2.08 bits per heavy atom. The topological polar surface area (TPSA) is 102 Å². The molecule has 13 heteroatoms. The van der Waals surface area contributed by atoms with Crippen LogP contribution in [0.25, 0.3) is 0 Å². The van der Waals surface area contributed by atoms with Crippen LogP contribution in [-0.4, -0.2) is 96.7 Å². The molecule has 9 nitrogen and oxygen atoms in total. The van der Waals surface area contributed by atoms with Crippen LogP contribution in [0.3, 0.4) is 0 Å². The van der Waals surface area contributed by atoms with Crippen molar-refractivity contribution in [3.63, 3.8) is 0 Å². The zero-order valence-electron chi connectivity index (χ0n) is 22.7. The molecular weight excluding hydrogens is 535 g/mol. The third kappa shape index (κ3) is 6.11. The van der Waals surface area contributed by atoms with Crippen LogP contribution < -0.4 is 10.7 Å². The van der Waals surface area contributed by atoms with Gasteiger partial charge >= 0.3 is 6.18 Å². The molecule has 1 saturated carbocycles. The first-order valence-electron chi connectivity index (χ1n) is 14.6. The average molecular weight is 578 g/mol. The van der Waals surface area contributed by atoms with Gasteiger partial charge in [0.15, 0.2) is 0 Å². The van der Waals surface area contributed by atoms with Crippen molar-refractivity contribution in [1.29, 1.82) is 0 Å². The van der Waals surface area contributed by atoms with E-state index in [0.717, 1.165) is 19.3 Å². The summed E-state index contributed by atoms with van der Waals surface area (Å²) >= 11 is 0. The molecular formula is C26H42F3N5O4S. The van der Waals surface area contributed by atoms with Gasteiger partial charge in [0.1, 0.15) is 6.04 Å². The quantitative estimate of drug-likeness (QED) is 0.520. The number of likely N-dealkylation sites (tertiary alicyclic amines) is 1. The molecule has 5 rings (SSSR count). The maximum absolute atomic E-state index is 14.0. The summed E-state index contributed by atoms with van der Waals surface area (Å²) in [6.45, 7) is 3.85. The monoisotopic (exact) mass is 577 g/mol. The first kappa shape index (κ1) is 29.1. The second-order valence-corrected chi connectivity index (χ2v) is 14.4. The third-order valence-corrected chi connectivity index (χ3v) is 12.2. The maximum atomic E-state index is 14.0. The molecule has 0 bridgehead atoms. The van der Waals surface area contributed by atoms with Crippen molar-refractivity contribution in [3.05, 3.63) is 0 Å². The zero-order chi connectivity index (χ0) is 27.9. The summed E-state index contributed by atoms with van der Waals surface area (Å²) in [4.78, 5) is 26.2. The minimum absolute atomic E-state index is 0.0359. The molecule has 0 spiro atoms. The van der Waals surface area contributed by atoms with E-state index in [1.54, 1.807) is 14.2 Å². The lowest BCUT2D eigenvalue weighted by atomic mass is 9.74. The number of nitrogens with one attached hydrogen (secondary N) is 2. The van der Waals surface area contributed by atoms with E-state index in [0.29, 0.717) is 77.7 Å². The number of fused-ring (bicyclic) bond motifs is 1. The zero-order valence-corrected chi connectivity index (χ0v) is 23.5. The van der Waals surface area contributed by atoms with Crippen molar-refractivity contribution in [1.82, 2.24) is 25.0 Å². The third-order valence-electron chi connectivity index (χ3n) is 9.85. The number of carbonyl (C=O) groups is 2. The van der Waals surface area contributed by atoms with Gasteiger partial charge in [0.2, 0.25) is 21.8 Å². The predicted molar refractivity (Wildman–Crippen MR) is 139 cm³/mol. The molecule has 0 aromatic heterocycles. The fraction of sp³-hybridized carbons (Fsp3) is 0.923. The summed E-state index contributed by atoms with van der Waals surface area (Å²) in [6.07, 6.45) is 2.19. The van der Waals surface area contributed by atoms with Crippen LogP contribution in [0.1, 0.15) is 71.1 Å². The average Bonchev–Trinajstić information content (AvgIpc) is 3.56. The van der Waals surface area contributed by atoms with Crippen molar-refractivity contribution < 1.29 is 31.2 Å². The summed E-state index contributed by atoms with van der Waals surface area (Å²) in [5.74, 6) is -1.21. The molecule has 5 fully saturated rings. The summed E-state index contributed by atoms with van der Waals surface area (Å²) in [6, 6.07) is -2.32. The summed E-state index contributed by atoms with van der Waals surface area (Å²) < 4.78 is 70.3. The molecule has 4 heterocycles. The number of rotatable bonds is 5. The van der Waals surface area contributed by atoms with E-state index < -0.39 is 39.5 Å². The lowest BCUT2D eigenvalue weighted by Crippen LogP contribution is -2.50. The molecule has 222 valence electrons. The number of halogens is 3. The van der Waals surface area contributed by atoms with E-state index in [9.17, 15) is 31.2 Å². The SMILES string of the molecule is CC(=O)NC1CCC(S(=O)(=O)N2CCC(C3CCN4NC(C(F)(F)F)C(C(=O)N5CCCC5)C4C3)CC2)CC1. The molecule has 5 aliphatic rings. The first-order chi connectivity index (χ1) is 18.4. The Bertz CT molecular complexity index is 1010. The fourth-order valence-corrected chi connectivity index (χ4v) is 9.78. The van der Waals surface area contributed by atoms with Gasteiger partial charge in [0.25, 0.3) is 0 Å². The van der Waals surface area contributed by atoms with Crippen LogP contribution in [-0.2, 0) is 19.6 Å². The second-order valence-electron chi connectivity index (χ2n) is 12.2. The van der Waals surface area contributed by atoms with E-state index in [-0.39, 0.29) is 29.7 Å². The Morgan fingerprint density at radius 2 is 1.49 bits per heavy atom. The summed E-state index contributed by atoms with van der Waals surface area (Å²) in [5.41, 5.74) is 2.64. The molecule has 4 saturated heterocycles. The highest BCUT2D eigenvalue weighted by Gasteiger charge is 2.59. The second kappa shape index (κ2) is 11.4. The number of alkyl halides is 3. The van der Waals surface area contributed by atoms with E-state index in [1.165, 1.54) is 6.92 Å². The van der Waals surface area contributed by atoms with E-state index in [4.69, 9.17) is 0 Å². The standard InChI is InChI=1S/C26H42F3N5O4S/c1-17(35)30-20-4-6-21(7-5-20)39(37,38)33-13-8-18(9-14-33)19-10-15-34-22(16-19)23(24(31-34)26(27,28)29)25(36)32-11-2-3-12-32/h18-24,31H,2-16H2,1H3,(H,30,35). The molecule has 2 amide bonds. The van der Waals surface area contributed by atoms with Gasteiger partial charge in [-0.25, -0.2) is 23.2 Å². The Balaban J connectivity index is 1.19. The van der Waals surface area contributed by atoms with Crippen molar-refractivity contribution in [2.45, 2.75) is 101 Å². The number of amides is 2. The van der Waals surface area contributed by atoms with Gasteiger partial charge in [-0.05, 0) is 76.0 Å². The Kier molecular flexibility index (Phi) is 8.53. The normalized spacial score (nSPS) is 35.6. The highest BCUT2D eigenvalue weighted by Crippen LogP contribution is 2.44. The highest BCUT2D eigenvalue weighted by atomic mass is 32.2. The molecule has 4 unspecified atom stereocenters. The smallest absolute Gasteiger partial charge is 0.354 e. The van der Waals surface area contributed by atoms with Gasteiger partial charge in [0.05, 0.1) is 11.2 Å². The Morgan fingerprint density at radius 1 is 0.872 bits per heavy atom. The van der Waals surface area contributed by atoms with Crippen molar-refractivity contribution in [2.75, 3.05) is 32.7 Å². The van der Waals surface area contributed by atoms with Gasteiger partial charge < -0.3 is 10.2 Å². The first-order valence-corrected chi connectivity index (χ1v) is 16.1. The van der Waals surface area contributed by atoms with Gasteiger partial charge in [-0.1, -0.05) is 0 Å². The number of piperidine rings is 2. The van der Waals surface area contributed by atoms with Crippen molar-refractivity contribution in [2.24, 2.45) is 17.8 Å². The van der Waals surface area contributed by atoms with Crippen LogP contribution in [0.4, 0.5) is 13.2 Å². The minimum Gasteiger partial charge on any atom is -0.354 e. The van der Waals surface area contributed by atoms with Crippen LogP contribution in [0.2, 0.25) is 0 Å². The molecule has 0 radical (unpaired) electrons. The molecule has 4 aliphatic heterocycles. The molecule has 2 N–H and O–H groups in total. The van der Waals surface area contributed by atoms with E-state index in [2.05, 4.69) is 10.7 Å². The Hall–Kier alpha value is -1.44. The predicted octanol–water partition coefficient (Wildman–Crippen LogP) is 2.24. The van der Waals surface area contributed by atoms with Gasteiger partial charge in [-0.3, -0.25) is 9.59 Å². The number of hydrogen-bond donors (Lipinski definition) is 2. The molecule has 4 atom stereocenters. The van der Waals surface area contributed by atoms with E-state index >= 15 is 0 Å². The number of sulfonamides is 1. The van der Waals surface area contributed by atoms with Crippen LogP contribution in [0.15, 0.2) is 0 Å². The molecule has 1 aliphatic carbocycles. The van der Waals surface area contributed by atoms with Crippen molar-refractivity contribution in [3.8, 4) is 0 Å². The maximum Gasteiger partial charge on any atom is 0.406 e. The van der Waals surface area contributed by atoms with Gasteiger partial charge in [-0.15, -0.1) is 0 Å². The number of carbonyl (C=O) groups excluding carboxylic acids is 2. The number of hydrazine groups is 1. The lowest BCUT2D eigenvalue weighted by Gasteiger charge is -2.43. The highest BCUT2D eigenvalue weighted by molar-refractivity contribution is 7.89. The van der Waals surface area contributed by atoms with Crippen molar-refractivity contribution >= 4 is 21.8 Å². The molecule has 39 heavy (non-hydrogen) atoms. The summed E-state index contributed by atoms with van der Waals surface area (Å²) in [7, 11) is -3.43.